The number of hydrogen-bond acceptors (Lipinski definition) is 2. The van der Waals surface area contributed by atoms with Crippen LogP contribution in [0.3, 0.4) is 0 Å². The second kappa shape index (κ2) is 8.65. The summed E-state index contributed by atoms with van der Waals surface area (Å²) >= 11 is 11.2. The van der Waals surface area contributed by atoms with E-state index in [1.807, 2.05) is 73.8 Å². The first kappa shape index (κ1) is 18.2. The summed E-state index contributed by atoms with van der Waals surface area (Å²) in [6, 6.07) is 19.8. The Kier molecular flexibility index (Phi) is 6.04. The van der Waals surface area contributed by atoms with Gasteiger partial charge in [0.2, 0.25) is 0 Å². The van der Waals surface area contributed by atoms with Gasteiger partial charge in [0.05, 0.1) is 11.9 Å². The number of aromatic nitrogens is 1. The van der Waals surface area contributed by atoms with E-state index in [0.29, 0.717) is 5.11 Å². The Hall–Kier alpha value is -2.63. The van der Waals surface area contributed by atoms with Crippen molar-refractivity contribution in [3.05, 3.63) is 88.7 Å². The lowest BCUT2D eigenvalue weighted by atomic mass is 10.2. The maximum atomic E-state index is 5.94. The molecular formula is C20H19ClN4S. The van der Waals surface area contributed by atoms with E-state index in [4.69, 9.17) is 23.8 Å². The number of halogens is 1. The normalized spacial score (nSPS) is 10.8. The minimum atomic E-state index is 0.450. The van der Waals surface area contributed by atoms with Crippen molar-refractivity contribution >= 4 is 40.8 Å². The highest BCUT2D eigenvalue weighted by Crippen LogP contribution is 2.13. The van der Waals surface area contributed by atoms with Crippen LogP contribution in [0.25, 0.3) is 0 Å². The molecule has 132 valence electrons. The summed E-state index contributed by atoms with van der Waals surface area (Å²) in [5.41, 5.74) is 7.09. The van der Waals surface area contributed by atoms with E-state index in [0.717, 1.165) is 28.5 Å². The highest BCUT2D eigenvalue weighted by Gasteiger charge is 2.01. The first-order valence-electron chi connectivity index (χ1n) is 8.17. The fraction of sp³-hybridized carbons (Fsp3) is 0.100. The van der Waals surface area contributed by atoms with Crippen molar-refractivity contribution in [1.82, 2.24) is 9.99 Å². The molecule has 2 aromatic carbocycles. The summed E-state index contributed by atoms with van der Waals surface area (Å²) in [5, 5.41) is 8.56. The van der Waals surface area contributed by atoms with Gasteiger partial charge in [-0.2, -0.15) is 5.10 Å². The van der Waals surface area contributed by atoms with Gasteiger partial charge in [-0.3, -0.25) is 5.43 Å². The summed E-state index contributed by atoms with van der Waals surface area (Å²) in [4.78, 5) is 0. The van der Waals surface area contributed by atoms with Crippen LogP contribution in [0.5, 0.6) is 0 Å². The van der Waals surface area contributed by atoms with Gasteiger partial charge in [-0.05, 0) is 60.6 Å². The van der Waals surface area contributed by atoms with E-state index in [2.05, 4.69) is 20.4 Å². The highest BCUT2D eigenvalue weighted by atomic mass is 35.5. The third-order valence-corrected chi connectivity index (χ3v) is 4.33. The Labute approximate surface area is 163 Å². The highest BCUT2D eigenvalue weighted by molar-refractivity contribution is 7.80. The first-order chi connectivity index (χ1) is 12.6. The zero-order valence-electron chi connectivity index (χ0n) is 14.3. The summed E-state index contributed by atoms with van der Waals surface area (Å²) in [6.45, 7) is 2.77. The molecule has 2 N–H and O–H groups in total. The largest absolute Gasteiger partial charge is 0.342 e. The molecule has 0 spiro atoms. The SMILES string of the molecule is Cc1ccccc1NC(=S)N/N=C/c1cccn1Cc1ccc(Cl)cc1. The van der Waals surface area contributed by atoms with E-state index in [-0.39, 0.29) is 0 Å². The van der Waals surface area contributed by atoms with Gasteiger partial charge in [0.15, 0.2) is 5.11 Å². The predicted molar refractivity (Wildman–Crippen MR) is 113 cm³/mol. The van der Waals surface area contributed by atoms with Gasteiger partial charge in [0.25, 0.3) is 0 Å². The third kappa shape index (κ3) is 4.94. The molecule has 1 aromatic heterocycles. The quantitative estimate of drug-likeness (QED) is 0.377. The smallest absolute Gasteiger partial charge is 0.191 e. The molecule has 1 heterocycles. The Balaban J connectivity index is 1.59. The zero-order valence-corrected chi connectivity index (χ0v) is 15.9. The van der Waals surface area contributed by atoms with Crippen LogP contribution in [0.1, 0.15) is 16.8 Å². The topological polar surface area (TPSA) is 41.4 Å². The Morgan fingerprint density at radius 2 is 1.88 bits per heavy atom. The summed E-state index contributed by atoms with van der Waals surface area (Å²) < 4.78 is 2.10. The van der Waals surface area contributed by atoms with Crippen molar-refractivity contribution in [2.45, 2.75) is 13.5 Å². The van der Waals surface area contributed by atoms with Crippen molar-refractivity contribution in [2.75, 3.05) is 5.32 Å². The fourth-order valence-electron chi connectivity index (χ4n) is 2.50. The van der Waals surface area contributed by atoms with E-state index in [9.17, 15) is 0 Å². The number of benzene rings is 2. The van der Waals surface area contributed by atoms with E-state index in [1.165, 1.54) is 5.56 Å². The summed E-state index contributed by atoms with van der Waals surface area (Å²) in [6.07, 6.45) is 3.77. The lowest BCUT2D eigenvalue weighted by Crippen LogP contribution is -2.24. The van der Waals surface area contributed by atoms with Gasteiger partial charge in [-0.1, -0.05) is 41.9 Å². The van der Waals surface area contributed by atoms with Crippen LogP contribution in [0.2, 0.25) is 5.02 Å². The van der Waals surface area contributed by atoms with Crippen molar-refractivity contribution in [1.29, 1.82) is 0 Å². The number of hydrogen-bond donors (Lipinski definition) is 2. The minimum Gasteiger partial charge on any atom is -0.342 e. The molecule has 0 aliphatic heterocycles. The average molecular weight is 383 g/mol. The van der Waals surface area contributed by atoms with Gasteiger partial charge in [0, 0.05) is 23.5 Å². The minimum absolute atomic E-state index is 0.450. The van der Waals surface area contributed by atoms with Crippen molar-refractivity contribution < 1.29 is 0 Å². The first-order valence-corrected chi connectivity index (χ1v) is 8.96. The van der Waals surface area contributed by atoms with Crippen LogP contribution in [0.4, 0.5) is 5.69 Å². The number of nitrogens with zero attached hydrogens (tertiary/aromatic N) is 2. The monoisotopic (exact) mass is 382 g/mol. The van der Waals surface area contributed by atoms with Crippen LogP contribution in [0.15, 0.2) is 72.0 Å². The van der Waals surface area contributed by atoms with Gasteiger partial charge >= 0.3 is 0 Å². The molecule has 0 radical (unpaired) electrons. The number of anilines is 1. The molecule has 3 rings (SSSR count). The third-order valence-electron chi connectivity index (χ3n) is 3.89. The van der Waals surface area contributed by atoms with E-state index in [1.54, 1.807) is 6.21 Å². The fourth-order valence-corrected chi connectivity index (χ4v) is 2.78. The number of hydrazone groups is 1. The summed E-state index contributed by atoms with van der Waals surface area (Å²) in [5.74, 6) is 0. The van der Waals surface area contributed by atoms with E-state index >= 15 is 0 Å². The Bertz CT molecular complexity index is 916. The molecule has 0 aliphatic rings. The average Bonchev–Trinajstić information content (AvgIpc) is 3.06. The van der Waals surface area contributed by atoms with Crippen molar-refractivity contribution in [3.8, 4) is 0 Å². The Morgan fingerprint density at radius 1 is 1.12 bits per heavy atom. The maximum absolute atomic E-state index is 5.94. The number of aryl methyl sites for hydroxylation is 1. The van der Waals surface area contributed by atoms with Gasteiger partial charge in [0.1, 0.15) is 0 Å². The van der Waals surface area contributed by atoms with Crippen LogP contribution in [-0.2, 0) is 6.54 Å². The van der Waals surface area contributed by atoms with Crippen LogP contribution in [-0.4, -0.2) is 15.9 Å². The second-order valence-corrected chi connectivity index (χ2v) is 6.67. The molecule has 0 bridgehead atoms. The molecule has 0 saturated carbocycles. The van der Waals surface area contributed by atoms with Gasteiger partial charge in [-0.15, -0.1) is 0 Å². The number of thiocarbonyl (C=S) groups is 1. The number of rotatable bonds is 5. The van der Waals surface area contributed by atoms with Gasteiger partial charge in [-0.25, -0.2) is 0 Å². The molecule has 0 fully saturated rings. The number of nitrogens with one attached hydrogen (secondary N) is 2. The van der Waals surface area contributed by atoms with Crippen molar-refractivity contribution in [2.24, 2.45) is 5.10 Å². The zero-order chi connectivity index (χ0) is 18.4. The molecule has 6 heteroatoms. The lowest BCUT2D eigenvalue weighted by Gasteiger charge is -2.09. The second-order valence-electron chi connectivity index (χ2n) is 5.83. The molecule has 0 atom stereocenters. The van der Waals surface area contributed by atoms with Crippen LogP contribution >= 0.6 is 23.8 Å². The molecule has 0 aliphatic carbocycles. The van der Waals surface area contributed by atoms with Crippen LogP contribution in [0, 0.1) is 6.92 Å². The molecule has 0 saturated heterocycles. The summed E-state index contributed by atoms with van der Waals surface area (Å²) in [7, 11) is 0. The molecule has 4 nitrogen and oxygen atoms in total. The molecule has 0 unspecified atom stereocenters. The predicted octanol–water partition coefficient (Wildman–Crippen LogP) is 4.82. The molecular weight excluding hydrogens is 364 g/mol. The molecule has 0 amide bonds. The lowest BCUT2D eigenvalue weighted by molar-refractivity contribution is 0.799. The standard InChI is InChI=1S/C20H19ClN4S/c1-15-5-2-3-7-19(15)23-20(26)24-22-13-18-6-4-12-25(18)14-16-8-10-17(21)11-9-16/h2-13H,14H2,1H3,(H2,23,24,26)/b22-13+. The molecule has 3 aromatic rings. The van der Waals surface area contributed by atoms with Crippen molar-refractivity contribution in [3.63, 3.8) is 0 Å². The maximum Gasteiger partial charge on any atom is 0.191 e. The van der Waals surface area contributed by atoms with Gasteiger partial charge < -0.3 is 9.88 Å². The number of para-hydroxylation sites is 1. The molecule has 26 heavy (non-hydrogen) atoms. The van der Waals surface area contributed by atoms with Crippen LogP contribution < -0.4 is 10.7 Å². The van der Waals surface area contributed by atoms with E-state index < -0.39 is 0 Å². The Morgan fingerprint density at radius 3 is 2.65 bits per heavy atom.